The molecule has 1 heterocycles. The van der Waals surface area contributed by atoms with Crippen LogP contribution in [0.5, 0.6) is 0 Å². The van der Waals surface area contributed by atoms with Gasteiger partial charge in [-0.15, -0.1) is 11.3 Å². The molecule has 0 unspecified atom stereocenters. The molecule has 0 spiro atoms. The Morgan fingerprint density at radius 3 is 1.64 bits per heavy atom. The lowest BCUT2D eigenvalue weighted by Gasteiger charge is -2.32. The second-order valence-electron chi connectivity index (χ2n) is 15.2. The summed E-state index contributed by atoms with van der Waals surface area (Å²) in [6.45, 7) is 18.4. The molecule has 47 heavy (non-hydrogen) atoms. The molecular formula is C44H46N2S. The molecule has 1 aliphatic carbocycles. The first-order valence-electron chi connectivity index (χ1n) is 17.1. The molecule has 6 aromatic rings. The molecule has 2 nitrogen and oxygen atoms in total. The SMILES string of the molecule is CCC1(CC)c2cc(-c3nc4ccccc4s3)ccc2-c2ccc(N(c3ccc(C(C)(C)C)cc3)c3ccc(C(C)(C)C)cc3)cc21. The van der Waals surface area contributed by atoms with Crippen molar-refractivity contribution in [1.82, 2.24) is 4.98 Å². The highest BCUT2D eigenvalue weighted by Gasteiger charge is 2.41. The Bertz CT molecular complexity index is 1970. The van der Waals surface area contributed by atoms with Crippen LogP contribution in [0, 0.1) is 0 Å². The predicted molar refractivity (Wildman–Crippen MR) is 204 cm³/mol. The molecule has 0 N–H and O–H groups in total. The summed E-state index contributed by atoms with van der Waals surface area (Å²) in [6.07, 6.45) is 2.08. The van der Waals surface area contributed by atoms with E-state index in [1.165, 1.54) is 60.7 Å². The summed E-state index contributed by atoms with van der Waals surface area (Å²) in [6, 6.07) is 41.0. The molecule has 0 saturated carbocycles. The second kappa shape index (κ2) is 11.5. The lowest BCUT2D eigenvalue weighted by Crippen LogP contribution is -2.23. The molecule has 0 saturated heterocycles. The first kappa shape index (κ1) is 31.4. The van der Waals surface area contributed by atoms with Crippen LogP contribution in [0.15, 0.2) is 109 Å². The number of nitrogens with zero attached hydrogens (tertiary/aromatic N) is 2. The third-order valence-electron chi connectivity index (χ3n) is 10.3. The van der Waals surface area contributed by atoms with Gasteiger partial charge in [0.1, 0.15) is 5.01 Å². The van der Waals surface area contributed by atoms with Crippen molar-refractivity contribution >= 4 is 38.6 Å². The van der Waals surface area contributed by atoms with Crippen LogP contribution in [0.1, 0.15) is 90.5 Å². The fourth-order valence-corrected chi connectivity index (χ4v) is 8.39. The third kappa shape index (κ3) is 5.39. The minimum atomic E-state index is -0.0643. The van der Waals surface area contributed by atoms with E-state index in [9.17, 15) is 0 Å². The van der Waals surface area contributed by atoms with Crippen molar-refractivity contribution in [2.75, 3.05) is 4.90 Å². The fraction of sp³-hybridized carbons (Fsp3) is 0.295. The molecular weight excluding hydrogens is 589 g/mol. The van der Waals surface area contributed by atoms with E-state index >= 15 is 0 Å². The maximum atomic E-state index is 5.02. The van der Waals surface area contributed by atoms with Crippen molar-refractivity contribution in [2.45, 2.75) is 84.5 Å². The highest BCUT2D eigenvalue weighted by atomic mass is 32.1. The number of para-hydroxylation sites is 1. The lowest BCUT2D eigenvalue weighted by molar-refractivity contribution is 0.490. The lowest BCUT2D eigenvalue weighted by atomic mass is 9.73. The smallest absolute Gasteiger partial charge is 0.124 e. The molecule has 0 amide bonds. The molecule has 0 fully saturated rings. The first-order valence-corrected chi connectivity index (χ1v) is 17.9. The Balaban J connectivity index is 1.36. The van der Waals surface area contributed by atoms with Gasteiger partial charge in [0, 0.05) is 28.0 Å². The van der Waals surface area contributed by atoms with Crippen LogP contribution in [0.3, 0.4) is 0 Å². The zero-order valence-corrected chi connectivity index (χ0v) is 29.9. The zero-order valence-electron chi connectivity index (χ0n) is 29.1. The summed E-state index contributed by atoms with van der Waals surface area (Å²) in [5, 5.41) is 1.09. The summed E-state index contributed by atoms with van der Waals surface area (Å²) in [5.41, 5.74) is 14.2. The van der Waals surface area contributed by atoms with Gasteiger partial charge in [0.05, 0.1) is 10.2 Å². The Hall–Kier alpha value is -4.21. The number of benzene rings is 5. The van der Waals surface area contributed by atoms with E-state index < -0.39 is 0 Å². The van der Waals surface area contributed by atoms with Crippen molar-refractivity contribution < 1.29 is 0 Å². The van der Waals surface area contributed by atoms with Crippen LogP contribution in [0.4, 0.5) is 17.1 Å². The number of fused-ring (bicyclic) bond motifs is 4. The third-order valence-corrected chi connectivity index (χ3v) is 11.4. The molecule has 0 atom stereocenters. The number of anilines is 3. The average Bonchev–Trinajstić information content (AvgIpc) is 3.61. The van der Waals surface area contributed by atoms with Crippen molar-refractivity contribution in [1.29, 1.82) is 0 Å². The standard InChI is InChI=1S/C44H46N2S/c1-9-44(10-2)37-27-29(41-45-39-13-11-12-14-40(39)47-41)15-25-35(37)36-26-24-34(28-38(36)44)46(32-20-16-30(17-21-32)42(3,4)5)33-22-18-31(19-23-33)43(6,7)8/h11-28H,9-10H2,1-8H3. The van der Waals surface area contributed by atoms with Gasteiger partial charge in [-0.05, 0) is 112 Å². The molecule has 5 aromatic carbocycles. The van der Waals surface area contributed by atoms with Gasteiger partial charge in [-0.1, -0.05) is 110 Å². The Morgan fingerprint density at radius 2 is 1.11 bits per heavy atom. The summed E-state index contributed by atoms with van der Waals surface area (Å²) >= 11 is 1.78. The van der Waals surface area contributed by atoms with Crippen molar-refractivity contribution in [3.05, 3.63) is 131 Å². The van der Waals surface area contributed by atoms with Gasteiger partial charge in [-0.2, -0.15) is 0 Å². The van der Waals surface area contributed by atoms with Crippen molar-refractivity contribution in [3.63, 3.8) is 0 Å². The van der Waals surface area contributed by atoms with Gasteiger partial charge in [0.15, 0.2) is 0 Å². The largest absolute Gasteiger partial charge is 0.310 e. The summed E-state index contributed by atoms with van der Waals surface area (Å²) in [5.74, 6) is 0. The molecule has 1 aromatic heterocycles. The number of hydrogen-bond acceptors (Lipinski definition) is 3. The molecule has 0 aliphatic heterocycles. The van der Waals surface area contributed by atoms with Gasteiger partial charge in [-0.25, -0.2) is 4.98 Å². The fourth-order valence-electron chi connectivity index (χ4n) is 7.43. The molecule has 1 aliphatic rings. The highest BCUT2D eigenvalue weighted by Crippen LogP contribution is 2.55. The van der Waals surface area contributed by atoms with E-state index in [1.807, 2.05) is 0 Å². The minimum Gasteiger partial charge on any atom is -0.310 e. The maximum absolute atomic E-state index is 5.02. The molecule has 0 bridgehead atoms. The topological polar surface area (TPSA) is 16.1 Å². The summed E-state index contributed by atoms with van der Waals surface area (Å²) in [7, 11) is 0. The van der Waals surface area contributed by atoms with E-state index in [-0.39, 0.29) is 16.2 Å². The van der Waals surface area contributed by atoms with Crippen LogP contribution < -0.4 is 4.90 Å². The minimum absolute atomic E-state index is 0.0643. The molecule has 3 heteroatoms. The first-order chi connectivity index (χ1) is 22.4. The normalized spacial score (nSPS) is 13.9. The van der Waals surface area contributed by atoms with Gasteiger partial charge >= 0.3 is 0 Å². The Kier molecular flexibility index (Phi) is 7.67. The van der Waals surface area contributed by atoms with E-state index in [1.54, 1.807) is 11.3 Å². The van der Waals surface area contributed by atoms with E-state index in [0.717, 1.165) is 23.4 Å². The van der Waals surface area contributed by atoms with Gasteiger partial charge in [-0.3, -0.25) is 0 Å². The molecule has 7 rings (SSSR count). The van der Waals surface area contributed by atoms with Gasteiger partial charge in [0.25, 0.3) is 0 Å². The van der Waals surface area contributed by atoms with Crippen LogP contribution in [-0.4, -0.2) is 4.98 Å². The summed E-state index contributed by atoms with van der Waals surface area (Å²) < 4.78 is 1.24. The van der Waals surface area contributed by atoms with Crippen LogP contribution in [0.2, 0.25) is 0 Å². The van der Waals surface area contributed by atoms with Crippen LogP contribution >= 0.6 is 11.3 Å². The molecule has 238 valence electrons. The average molecular weight is 635 g/mol. The highest BCUT2D eigenvalue weighted by molar-refractivity contribution is 7.21. The second-order valence-corrected chi connectivity index (χ2v) is 16.2. The van der Waals surface area contributed by atoms with Crippen LogP contribution in [0.25, 0.3) is 31.9 Å². The monoisotopic (exact) mass is 634 g/mol. The quantitative estimate of drug-likeness (QED) is 0.181. The van der Waals surface area contributed by atoms with Gasteiger partial charge in [0.2, 0.25) is 0 Å². The van der Waals surface area contributed by atoms with Crippen molar-refractivity contribution in [2.24, 2.45) is 0 Å². The Morgan fingerprint density at radius 1 is 0.596 bits per heavy atom. The van der Waals surface area contributed by atoms with E-state index in [4.69, 9.17) is 4.98 Å². The zero-order chi connectivity index (χ0) is 33.1. The number of thiazole rings is 1. The van der Waals surface area contributed by atoms with Crippen LogP contribution in [-0.2, 0) is 16.2 Å². The maximum Gasteiger partial charge on any atom is 0.124 e. The Labute approximate surface area is 285 Å². The molecule has 0 radical (unpaired) electrons. The number of aromatic nitrogens is 1. The van der Waals surface area contributed by atoms with Crippen molar-refractivity contribution in [3.8, 4) is 21.7 Å². The number of rotatable bonds is 6. The predicted octanol–water partition coefficient (Wildman–Crippen LogP) is 13.1. The summed E-state index contributed by atoms with van der Waals surface area (Å²) in [4.78, 5) is 7.45. The van der Waals surface area contributed by atoms with E-state index in [0.29, 0.717) is 0 Å². The number of hydrogen-bond donors (Lipinski definition) is 0. The van der Waals surface area contributed by atoms with Gasteiger partial charge < -0.3 is 4.90 Å². The van der Waals surface area contributed by atoms with E-state index in [2.05, 4.69) is 169 Å².